The van der Waals surface area contributed by atoms with Gasteiger partial charge in [-0.1, -0.05) is 17.7 Å². The van der Waals surface area contributed by atoms with Crippen molar-refractivity contribution >= 4 is 33.0 Å². The van der Waals surface area contributed by atoms with Crippen molar-refractivity contribution in [1.29, 1.82) is 5.26 Å². The lowest BCUT2D eigenvalue weighted by atomic mass is 10.2. The number of anilines is 2. The molecule has 0 aliphatic rings. The van der Waals surface area contributed by atoms with Crippen LogP contribution < -0.4 is 10.5 Å². The fourth-order valence-electron chi connectivity index (χ4n) is 1.76. The lowest BCUT2D eigenvalue weighted by Crippen LogP contribution is -2.14. The molecule has 2 rings (SSSR count). The molecule has 0 fully saturated rings. The summed E-state index contributed by atoms with van der Waals surface area (Å²) in [6.07, 6.45) is 0. The average Bonchev–Trinajstić information content (AvgIpc) is 2.43. The molecule has 0 aliphatic heterocycles. The Morgan fingerprint density at radius 1 is 1.24 bits per heavy atom. The Morgan fingerprint density at radius 3 is 2.57 bits per heavy atom. The third-order valence-electron chi connectivity index (χ3n) is 2.86. The molecule has 3 N–H and O–H groups in total. The number of nitrogens with zero attached hydrogens (tertiary/aromatic N) is 1. The Bertz CT molecular complexity index is 842. The Labute approximate surface area is 128 Å². The van der Waals surface area contributed by atoms with Crippen molar-refractivity contribution < 1.29 is 8.42 Å². The molecule has 0 heterocycles. The van der Waals surface area contributed by atoms with Crippen molar-refractivity contribution in [3.63, 3.8) is 0 Å². The first-order valence-corrected chi connectivity index (χ1v) is 7.78. The molecule has 2 aromatic rings. The van der Waals surface area contributed by atoms with E-state index >= 15 is 0 Å². The van der Waals surface area contributed by atoms with Gasteiger partial charge in [0.25, 0.3) is 10.0 Å². The standard InChI is InChI=1S/C14H12ClN3O2S/c1-9-2-3-10(8-16)6-14(9)21(19,20)18-11-4-5-13(17)12(15)7-11/h2-7,18H,17H2,1H3. The number of nitrogen functional groups attached to an aromatic ring is 1. The van der Waals surface area contributed by atoms with Crippen molar-refractivity contribution in [2.75, 3.05) is 10.5 Å². The molecular formula is C14H12ClN3O2S. The molecule has 0 bridgehead atoms. The molecular weight excluding hydrogens is 310 g/mol. The zero-order chi connectivity index (χ0) is 15.6. The topological polar surface area (TPSA) is 96.0 Å². The van der Waals surface area contributed by atoms with E-state index in [2.05, 4.69) is 4.72 Å². The first-order valence-electron chi connectivity index (χ1n) is 5.92. The molecule has 21 heavy (non-hydrogen) atoms. The van der Waals surface area contributed by atoms with E-state index in [0.29, 0.717) is 16.9 Å². The maximum Gasteiger partial charge on any atom is 0.262 e. The Hall–Kier alpha value is -2.23. The fourth-order valence-corrected chi connectivity index (χ4v) is 3.26. The second-order valence-corrected chi connectivity index (χ2v) is 6.49. The number of aryl methyl sites for hydroxylation is 1. The molecule has 5 nitrogen and oxygen atoms in total. The van der Waals surface area contributed by atoms with E-state index < -0.39 is 10.0 Å². The maximum atomic E-state index is 12.4. The van der Waals surface area contributed by atoms with Gasteiger partial charge in [0.15, 0.2) is 0 Å². The molecule has 108 valence electrons. The van der Waals surface area contributed by atoms with Gasteiger partial charge in [-0.2, -0.15) is 5.26 Å². The summed E-state index contributed by atoms with van der Waals surface area (Å²) in [5, 5.41) is 9.14. The monoisotopic (exact) mass is 321 g/mol. The van der Waals surface area contributed by atoms with E-state index in [0.717, 1.165) is 0 Å². The molecule has 0 aromatic heterocycles. The van der Waals surface area contributed by atoms with Crippen LogP contribution in [0.3, 0.4) is 0 Å². The predicted octanol–water partition coefficient (Wildman–Crippen LogP) is 2.90. The number of nitrogens with one attached hydrogen (secondary N) is 1. The van der Waals surface area contributed by atoms with Crippen molar-refractivity contribution in [3.05, 3.63) is 52.5 Å². The van der Waals surface area contributed by atoms with Gasteiger partial charge in [-0.15, -0.1) is 0 Å². The van der Waals surface area contributed by atoms with Gasteiger partial charge in [0.2, 0.25) is 0 Å². The third kappa shape index (κ3) is 3.27. The molecule has 0 aliphatic carbocycles. The molecule has 0 saturated carbocycles. The van der Waals surface area contributed by atoms with Gasteiger partial charge in [0, 0.05) is 0 Å². The summed E-state index contributed by atoms with van der Waals surface area (Å²) in [4.78, 5) is 0.0505. The minimum absolute atomic E-state index is 0.0505. The highest BCUT2D eigenvalue weighted by Crippen LogP contribution is 2.25. The third-order valence-corrected chi connectivity index (χ3v) is 4.71. The number of rotatable bonds is 3. The highest BCUT2D eigenvalue weighted by atomic mass is 35.5. The highest BCUT2D eigenvalue weighted by molar-refractivity contribution is 7.92. The van der Waals surface area contributed by atoms with Crippen LogP contribution in [-0.2, 0) is 10.0 Å². The quantitative estimate of drug-likeness (QED) is 0.849. The van der Waals surface area contributed by atoms with E-state index in [-0.39, 0.29) is 15.5 Å². The number of halogens is 1. The maximum absolute atomic E-state index is 12.4. The Morgan fingerprint density at radius 2 is 1.95 bits per heavy atom. The normalized spacial score (nSPS) is 10.9. The van der Waals surface area contributed by atoms with E-state index in [1.54, 1.807) is 19.1 Å². The first-order chi connectivity index (χ1) is 9.83. The van der Waals surface area contributed by atoms with Gasteiger partial charge in [0.1, 0.15) is 0 Å². The second kappa shape index (κ2) is 5.64. The zero-order valence-electron chi connectivity index (χ0n) is 11.1. The minimum atomic E-state index is -3.81. The SMILES string of the molecule is Cc1ccc(C#N)cc1S(=O)(=O)Nc1ccc(N)c(Cl)c1. The van der Waals surface area contributed by atoms with E-state index in [9.17, 15) is 8.42 Å². The zero-order valence-corrected chi connectivity index (χ0v) is 12.7. The number of hydrogen-bond donors (Lipinski definition) is 2. The van der Waals surface area contributed by atoms with Crippen molar-refractivity contribution in [1.82, 2.24) is 0 Å². The van der Waals surface area contributed by atoms with Crippen molar-refractivity contribution in [2.45, 2.75) is 11.8 Å². The number of nitrogens with two attached hydrogens (primary N) is 1. The molecule has 0 unspecified atom stereocenters. The summed E-state index contributed by atoms with van der Waals surface area (Å²) in [6.45, 7) is 1.66. The van der Waals surface area contributed by atoms with Gasteiger partial charge in [-0.3, -0.25) is 4.72 Å². The lowest BCUT2D eigenvalue weighted by molar-refractivity contribution is 0.600. The predicted molar refractivity (Wildman–Crippen MR) is 82.6 cm³/mol. The summed E-state index contributed by atoms with van der Waals surface area (Å²) in [5.41, 5.74) is 7.06. The van der Waals surface area contributed by atoms with Crippen LogP contribution in [0, 0.1) is 18.3 Å². The van der Waals surface area contributed by atoms with Crippen LogP contribution in [0.1, 0.15) is 11.1 Å². The number of hydrogen-bond acceptors (Lipinski definition) is 4. The second-order valence-electron chi connectivity index (χ2n) is 4.43. The Balaban J connectivity index is 2.43. The van der Waals surface area contributed by atoms with Crippen LogP contribution >= 0.6 is 11.6 Å². The van der Waals surface area contributed by atoms with Crippen LogP contribution in [0.4, 0.5) is 11.4 Å². The fraction of sp³-hybridized carbons (Fsp3) is 0.0714. The van der Waals surface area contributed by atoms with Crippen LogP contribution in [0.2, 0.25) is 5.02 Å². The largest absolute Gasteiger partial charge is 0.398 e. The summed E-state index contributed by atoms with van der Waals surface area (Å²) >= 11 is 5.86. The van der Waals surface area contributed by atoms with E-state index in [4.69, 9.17) is 22.6 Å². The van der Waals surface area contributed by atoms with Crippen molar-refractivity contribution in [2.24, 2.45) is 0 Å². The van der Waals surface area contributed by atoms with Gasteiger partial charge in [-0.05, 0) is 42.8 Å². The van der Waals surface area contributed by atoms with Gasteiger partial charge in [-0.25, -0.2) is 8.42 Å². The van der Waals surface area contributed by atoms with Gasteiger partial charge in [0.05, 0.1) is 32.9 Å². The molecule has 0 amide bonds. The molecule has 0 saturated heterocycles. The molecule has 0 spiro atoms. The van der Waals surface area contributed by atoms with Crippen LogP contribution in [0.25, 0.3) is 0 Å². The van der Waals surface area contributed by atoms with Gasteiger partial charge < -0.3 is 5.73 Å². The summed E-state index contributed by atoms with van der Waals surface area (Å²) in [6, 6.07) is 10.9. The molecule has 0 atom stereocenters. The number of nitriles is 1. The first kappa shape index (κ1) is 15.2. The van der Waals surface area contributed by atoms with Crippen LogP contribution in [0.15, 0.2) is 41.3 Å². The molecule has 7 heteroatoms. The summed E-state index contributed by atoms with van der Waals surface area (Å²) in [7, 11) is -3.81. The Kier molecular flexibility index (Phi) is 4.07. The average molecular weight is 322 g/mol. The van der Waals surface area contributed by atoms with E-state index in [1.807, 2.05) is 6.07 Å². The number of benzene rings is 2. The highest BCUT2D eigenvalue weighted by Gasteiger charge is 2.18. The molecule has 2 aromatic carbocycles. The summed E-state index contributed by atoms with van der Waals surface area (Å²) < 4.78 is 27.2. The van der Waals surface area contributed by atoms with Crippen LogP contribution in [0.5, 0.6) is 0 Å². The summed E-state index contributed by atoms with van der Waals surface area (Å²) in [5.74, 6) is 0. The molecule has 0 radical (unpaired) electrons. The number of sulfonamides is 1. The smallest absolute Gasteiger partial charge is 0.262 e. The van der Waals surface area contributed by atoms with Gasteiger partial charge >= 0.3 is 0 Å². The minimum Gasteiger partial charge on any atom is -0.398 e. The van der Waals surface area contributed by atoms with E-state index in [1.165, 1.54) is 24.3 Å². The van der Waals surface area contributed by atoms with Crippen LogP contribution in [-0.4, -0.2) is 8.42 Å². The van der Waals surface area contributed by atoms with Crippen molar-refractivity contribution in [3.8, 4) is 6.07 Å². The lowest BCUT2D eigenvalue weighted by Gasteiger charge is -2.11.